The second kappa shape index (κ2) is 5.88. The van der Waals surface area contributed by atoms with E-state index in [2.05, 4.69) is 11.8 Å². The number of nitrogens with zero attached hydrogens (tertiary/aromatic N) is 2. The van der Waals surface area contributed by atoms with Crippen molar-refractivity contribution in [1.29, 1.82) is 0 Å². The lowest BCUT2D eigenvalue weighted by molar-refractivity contribution is 0.220. The van der Waals surface area contributed by atoms with Crippen LogP contribution in [0.4, 0.5) is 0 Å². The van der Waals surface area contributed by atoms with Gasteiger partial charge in [0.15, 0.2) is 0 Å². The molecule has 18 heavy (non-hydrogen) atoms. The van der Waals surface area contributed by atoms with Crippen molar-refractivity contribution in [1.82, 2.24) is 9.21 Å². The van der Waals surface area contributed by atoms with Crippen LogP contribution in [0.25, 0.3) is 0 Å². The van der Waals surface area contributed by atoms with E-state index in [1.165, 1.54) is 12.8 Å². The summed E-state index contributed by atoms with van der Waals surface area (Å²) in [7, 11) is -0.969. The van der Waals surface area contributed by atoms with Crippen molar-refractivity contribution in [2.24, 2.45) is 11.8 Å². The first-order valence-electron chi connectivity index (χ1n) is 7.14. The van der Waals surface area contributed by atoms with E-state index >= 15 is 0 Å². The van der Waals surface area contributed by atoms with E-state index in [0.29, 0.717) is 24.8 Å². The first kappa shape index (κ1) is 14.3. The summed E-state index contributed by atoms with van der Waals surface area (Å²) in [4.78, 5) is 2.19. The molecule has 2 aliphatic rings. The Kier molecular flexibility index (Phi) is 4.67. The van der Waals surface area contributed by atoms with Crippen molar-refractivity contribution in [3.63, 3.8) is 0 Å². The average molecular weight is 274 g/mol. The lowest BCUT2D eigenvalue weighted by atomic mass is 9.84. The number of rotatable bonds is 3. The van der Waals surface area contributed by atoms with Gasteiger partial charge in [-0.25, -0.2) is 8.42 Å². The number of hydrogen-bond donors (Lipinski definition) is 0. The minimum Gasteiger partial charge on any atom is -0.304 e. The van der Waals surface area contributed by atoms with Gasteiger partial charge in [-0.05, 0) is 31.7 Å². The molecule has 0 radical (unpaired) electrons. The summed E-state index contributed by atoms with van der Waals surface area (Å²) in [6, 6.07) is 0. The van der Waals surface area contributed by atoms with Gasteiger partial charge < -0.3 is 4.90 Å². The van der Waals surface area contributed by atoms with Crippen LogP contribution < -0.4 is 0 Å². The molecule has 4 nitrogen and oxygen atoms in total. The molecule has 0 atom stereocenters. The normalized spacial score (nSPS) is 32.6. The van der Waals surface area contributed by atoms with Crippen LogP contribution in [0.2, 0.25) is 0 Å². The third-order valence-corrected chi connectivity index (χ3v) is 6.48. The maximum Gasteiger partial charge on any atom is 0.214 e. The van der Waals surface area contributed by atoms with E-state index in [1.54, 1.807) is 4.31 Å². The Bertz CT molecular complexity index is 353. The Morgan fingerprint density at radius 1 is 1.00 bits per heavy atom. The molecule has 1 saturated carbocycles. The van der Waals surface area contributed by atoms with Crippen LogP contribution in [-0.4, -0.2) is 56.6 Å². The molecule has 0 N–H and O–H groups in total. The smallest absolute Gasteiger partial charge is 0.214 e. The van der Waals surface area contributed by atoms with Crippen LogP contribution in [0.1, 0.15) is 32.6 Å². The minimum atomic E-state index is -3.02. The fourth-order valence-electron chi connectivity index (χ4n) is 2.97. The molecule has 2 fully saturated rings. The van der Waals surface area contributed by atoms with Crippen molar-refractivity contribution in [2.45, 2.75) is 32.6 Å². The largest absolute Gasteiger partial charge is 0.304 e. The molecule has 1 saturated heterocycles. The zero-order valence-electron chi connectivity index (χ0n) is 11.6. The zero-order chi connectivity index (χ0) is 13.2. The molecular formula is C13H26N2O2S. The minimum absolute atomic E-state index is 0.378. The summed E-state index contributed by atoms with van der Waals surface area (Å²) in [6.45, 7) is 5.33. The Balaban J connectivity index is 1.87. The van der Waals surface area contributed by atoms with Gasteiger partial charge in [0.25, 0.3) is 0 Å². The first-order chi connectivity index (χ1) is 8.47. The predicted molar refractivity (Wildman–Crippen MR) is 74.0 cm³/mol. The number of sulfonamides is 1. The van der Waals surface area contributed by atoms with Crippen molar-refractivity contribution in [3.05, 3.63) is 0 Å². The molecule has 1 aliphatic heterocycles. The highest BCUT2D eigenvalue weighted by Gasteiger charge is 2.30. The van der Waals surface area contributed by atoms with E-state index < -0.39 is 10.0 Å². The SMILES string of the molecule is CC1CCC(CS(=O)(=O)N2CCN(C)CC2)CC1. The van der Waals surface area contributed by atoms with Crippen molar-refractivity contribution < 1.29 is 8.42 Å². The zero-order valence-corrected chi connectivity index (χ0v) is 12.5. The van der Waals surface area contributed by atoms with E-state index in [-0.39, 0.29) is 0 Å². The third kappa shape index (κ3) is 3.68. The molecule has 0 spiro atoms. The standard InChI is InChI=1S/C13H26N2O2S/c1-12-3-5-13(6-4-12)11-18(16,17)15-9-7-14(2)8-10-15/h12-13H,3-11H2,1-2H3. The topological polar surface area (TPSA) is 40.6 Å². The second-order valence-electron chi connectivity index (χ2n) is 6.11. The lowest BCUT2D eigenvalue weighted by Crippen LogP contribution is -2.48. The van der Waals surface area contributed by atoms with Crippen molar-refractivity contribution >= 4 is 10.0 Å². The number of hydrogen-bond acceptors (Lipinski definition) is 3. The first-order valence-corrected chi connectivity index (χ1v) is 8.74. The molecule has 106 valence electrons. The summed E-state index contributed by atoms with van der Waals surface area (Å²) < 4.78 is 26.4. The van der Waals surface area contributed by atoms with E-state index in [4.69, 9.17) is 0 Å². The maximum atomic E-state index is 12.3. The highest BCUT2D eigenvalue weighted by molar-refractivity contribution is 7.89. The Labute approximate surface area is 111 Å². The summed E-state index contributed by atoms with van der Waals surface area (Å²) in [5.41, 5.74) is 0. The fraction of sp³-hybridized carbons (Fsp3) is 1.00. The van der Waals surface area contributed by atoms with Gasteiger partial charge in [-0.15, -0.1) is 0 Å². The average Bonchev–Trinajstić information content (AvgIpc) is 2.32. The molecule has 0 bridgehead atoms. The van der Waals surface area contributed by atoms with Gasteiger partial charge >= 0.3 is 0 Å². The molecule has 1 aliphatic carbocycles. The van der Waals surface area contributed by atoms with Gasteiger partial charge in [-0.2, -0.15) is 4.31 Å². The van der Waals surface area contributed by atoms with Gasteiger partial charge in [0.2, 0.25) is 10.0 Å². The van der Waals surface area contributed by atoms with Crippen molar-refractivity contribution in [3.8, 4) is 0 Å². The van der Waals surface area contributed by atoms with Crippen LogP contribution in [-0.2, 0) is 10.0 Å². The van der Waals surface area contributed by atoms with Gasteiger partial charge in [0, 0.05) is 26.2 Å². The quantitative estimate of drug-likeness (QED) is 0.781. The Morgan fingerprint density at radius 3 is 2.11 bits per heavy atom. The second-order valence-corrected chi connectivity index (χ2v) is 8.12. The van der Waals surface area contributed by atoms with Crippen LogP contribution in [0.3, 0.4) is 0 Å². The monoisotopic (exact) mass is 274 g/mol. The summed E-state index contributed by atoms with van der Waals surface area (Å²) in [5, 5.41) is 0. The van der Waals surface area contributed by atoms with E-state index in [1.807, 2.05) is 7.05 Å². The van der Waals surface area contributed by atoms with Gasteiger partial charge in [-0.3, -0.25) is 0 Å². The molecule has 5 heteroatoms. The summed E-state index contributed by atoms with van der Waals surface area (Å²) in [6.07, 6.45) is 4.58. The lowest BCUT2D eigenvalue weighted by Gasteiger charge is -2.33. The van der Waals surface area contributed by atoms with Crippen molar-refractivity contribution in [2.75, 3.05) is 39.0 Å². The van der Waals surface area contributed by atoms with Crippen LogP contribution >= 0.6 is 0 Å². The molecular weight excluding hydrogens is 248 g/mol. The molecule has 0 aromatic heterocycles. The Hall–Kier alpha value is -0.130. The molecule has 2 rings (SSSR count). The Morgan fingerprint density at radius 2 is 1.56 bits per heavy atom. The maximum absolute atomic E-state index is 12.3. The molecule has 0 amide bonds. The van der Waals surface area contributed by atoms with E-state index in [9.17, 15) is 8.42 Å². The third-order valence-electron chi connectivity index (χ3n) is 4.44. The molecule has 0 unspecified atom stereocenters. The molecule has 1 heterocycles. The van der Waals surface area contributed by atoms with Gasteiger partial charge in [0.05, 0.1) is 5.75 Å². The van der Waals surface area contributed by atoms with Crippen LogP contribution in [0, 0.1) is 11.8 Å². The predicted octanol–water partition coefficient (Wildman–Crippen LogP) is 1.39. The highest BCUT2D eigenvalue weighted by atomic mass is 32.2. The van der Waals surface area contributed by atoms with Crippen LogP contribution in [0.15, 0.2) is 0 Å². The molecule has 0 aromatic carbocycles. The van der Waals surface area contributed by atoms with Crippen LogP contribution in [0.5, 0.6) is 0 Å². The van der Waals surface area contributed by atoms with Gasteiger partial charge in [0.1, 0.15) is 0 Å². The highest BCUT2D eigenvalue weighted by Crippen LogP contribution is 2.29. The van der Waals surface area contributed by atoms with Gasteiger partial charge in [-0.1, -0.05) is 19.8 Å². The number of piperazine rings is 1. The van der Waals surface area contributed by atoms with E-state index in [0.717, 1.165) is 31.8 Å². The summed E-state index contributed by atoms with van der Waals surface area (Å²) in [5.74, 6) is 1.56. The fourth-order valence-corrected chi connectivity index (χ4v) is 4.82. The molecule has 0 aromatic rings. The number of likely N-dealkylation sites (N-methyl/N-ethyl adjacent to an activating group) is 1. The summed E-state index contributed by atoms with van der Waals surface area (Å²) >= 11 is 0.